The Morgan fingerprint density at radius 2 is 1.66 bits per heavy atom. The van der Waals surface area contributed by atoms with Crippen molar-refractivity contribution in [1.29, 1.82) is 0 Å². The van der Waals surface area contributed by atoms with Crippen LogP contribution in [0.2, 0.25) is 0 Å². The standard InChI is InChI=1S/C19H19F6N3O/c1-10-8-16(26-14-4-2-3-5-15(14)29)27-28-17(10)12-7-6-11(18(20,21)22)9-13(12)19(23,24)25/h6-9,14-15,29H,2-5H2,1H3,(H,26,27)/t14-,15-/m1/s1. The first-order valence-electron chi connectivity index (χ1n) is 9.04. The minimum atomic E-state index is -4.99. The van der Waals surface area contributed by atoms with E-state index < -0.39 is 35.1 Å². The average Bonchev–Trinajstić information content (AvgIpc) is 2.62. The largest absolute Gasteiger partial charge is 0.417 e. The van der Waals surface area contributed by atoms with E-state index in [2.05, 4.69) is 15.5 Å². The Kier molecular flexibility index (Phi) is 5.75. The molecular weight excluding hydrogens is 400 g/mol. The lowest BCUT2D eigenvalue weighted by molar-refractivity contribution is -0.142. The van der Waals surface area contributed by atoms with Gasteiger partial charge in [-0.2, -0.15) is 26.3 Å². The molecule has 1 aromatic heterocycles. The van der Waals surface area contributed by atoms with Crippen molar-refractivity contribution in [2.45, 2.75) is 57.1 Å². The van der Waals surface area contributed by atoms with Crippen LogP contribution in [0, 0.1) is 6.92 Å². The summed E-state index contributed by atoms with van der Waals surface area (Å²) in [5, 5.41) is 20.8. The molecule has 1 aromatic carbocycles. The van der Waals surface area contributed by atoms with Crippen LogP contribution in [0.4, 0.5) is 32.2 Å². The maximum absolute atomic E-state index is 13.4. The second kappa shape index (κ2) is 7.81. The lowest BCUT2D eigenvalue weighted by atomic mass is 9.92. The molecule has 1 saturated carbocycles. The minimum Gasteiger partial charge on any atom is -0.391 e. The maximum Gasteiger partial charge on any atom is 0.417 e. The van der Waals surface area contributed by atoms with Crippen LogP contribution < -0.4 is 5.32 Å². The fourth-order valence-corrected chi connectivity index (χ4v) is 3.45. The van der Waals surface area contributed by atoms with Gasteiger partial charge < -0.3 is 10.4 Å². The monoisotopic (exact) mass is 419 g/mol. The Labute approximate surface area is 163 Å². The van der Waals surface area contributed by atoms with Crippen molar-refractivity contribution in [3.05, 3.63) is 41.0 Å². The van der Waals surface area contributed by atoms with Crippen LogP contribution in [0.5, 0.6) is 0 Å². The minimum absolute atomic E-state index is 0.0843. The van der Waals surface area contributed by atoms with Gasteiger partial charge in [0.05, 0.1) is 29.0 Å². The molecule has 1 heterocycles. The number of hydrogen-bond donors (Lipinski definition) is 2. The van der Waals surface area contributed by atoms with E-state index >= 15 is 0 Å². The number of rotatable bonds is 3. The Hall–Kier alpha value is -2.36. The number of nitrogens with zero attached hydrogens (tertiary/aromatic N) is 2. The van der Waals surface area contributed by atoms with E-state index in [0.29, 0.717) is 18.1 Å². The molecule has 0 aliphatic heterocycles. The van der Waals surface area contributed by atoms with Gasteiger partial charge in [0, 0.05) is 5.56 Å². The number of benzene rings is 1. The number of anilines is 1. The molecule has 10 heteroatoms. The number of aryl methyl sites for hydroxylation is 1. The number of hydrogen-bond acceptors (Lipinski definition) is 4. The molecule has 4 nitrogen and oxygen atoms in total. The van der Waals surface area contributed by atoms with Crippen molar-refractivity contribution in [3.8, 4) is 11.3 Å². The van der Waals surface area contributed by atoms with Gasteiger partial charge in [-0.1, -0.05) is 18.9 Å². The summed E-state index contributed by atoms with van der Waals surface area (Å²) >= 11 is 0. The zero-order valence-corrected chi connectivity index (χ0v) is 15.4. The summed E-state index contributed by atoms with van der Waals surface area (Å²) in [5.41, 5.74) is -3.12. The number of halogens is 6. The van der Waals surface area contributed by atoms with Crippen molar-refractivity contribution in [2.75, 3.05) is 5.32 Å². The summed E-state index contributed by atoms with van der Waals surface area (Å²) in [5.74, 6) is 0.290. The van der Waals surface area contributed by atoms with Gasteiger partial charge in [-0.05, 0) is 43.5 Å². The van der Waals surface area contributed by atoms with Crippen LogP contribution in [0.3, 0.4) is 0 Å². The maximum atomic E-state index is 13.4. The van der Waals surface area contributed by atoms with E-state index in [4.69, 9.17) is 0 Å². The van der Waals surface area contributed by atoms with Crippen molar-refractivity contribution in [3.63, 3.8) is 0 Å². The van der Waals surface area contributed by atoms with E-state index in [-0.39, 0.29) is 23.6 Å². The normalized spacial score (nSPS) is 20.6. The number of alkyl halides is 6. The predicted octanol–water partition coefficient (Wildman–Crippen LogP) is 5.21. The van der Waals surface area contributed by atoms with Gasteiger partial charge in [-0.25, -0.2) is 0 Å². The molecule has 1 fully saturated rings. The number of aromatic nitrogens is 2. The molecule has 1 aliphatic carbocycles. The smallest absolute Gasteiger partial charge is 0.391 e. The first-order chi connectivity index (χ1) is 13.5. The first kappa shape index (κ1) is 21.4. The molecule has 2 aromatic rings. The highest BCUT2D eigenvalue weighted by Gasteiger charge is 2.39. The lowest BCUT2D eigenvalue weighted by Crippen LogP contribution is -2.36. The van der Waals surface area contributed by atoms with E-state index in [1.807, 2.05) is 0 Å². The van der Waals surface area contributed by atoms with E-state index in [0.717, 1.165) is 25.3 Å². The molecule has 0 unspecified atom stereocenters. The Morgan fingerprint density at radius 1 is 0.966 bits per heavy atom. The molecule has 2 N–H and O–H groups in total. The molecule has 29 heavy (non-hydrogen) atoms. The van der Waals surface area contributed by atoms with Gasteiger partial charge >= 0.3 is 12.4 Å². The highest BCUT2D eigenvalue weighted by atomic mass is 19.4. The SMILES string of the molecule is Cc1cc(N[C@@H]2CCCC[C@H]2O)nnc1-c1ccc(C(F)(F)F)cc1C(F)(F)F. The van der Waals surface area contributed by atoms with Crippen LogP contribution in [0.1, 0.15) is 42.4 Å². The van der Waals surface area contributed by atoms with Gasteiger partial charge in [0.15, 0.2) is 0 Å². The second-order valence-electron chi connectivity index (χ2n) is 7.12. The molecular formula is C19H19F6N3O. The predicted molar refractivity (Wildman–Crippen MR) is 94.1 cm³/mol. The van der Waals surface area contributed by atoms with E-state index in [9.17, 15) is 31.4 Å². The second-order valence-corrected chi connectivity index (χ2v) is 7.12. The topological polar surface area (TPSA) is 58.0 Å². The molecule has 0 amide bonds. The van der Waals surface area contributed by atoms with Crippen molar-refractivity contribution in [2.24, 2.45) is 0 Å². The van der Waals surface area contributed by atoms with E-state index in [1.54, 1.807) is 0 Å². The Bertz CT molecular complexity index is 881. The summed E-state index contributed by atoms with van der Waals surface area (Å²) in [6.07, 6.45) is -7.24. The summed E-state index contributed by atoms with van der Waals surface area (Å²) in [6.45, 7) is 1.50. The van der Waals surface area contributed by atoms with Crippen molar-refractivity contribution < 1.29 is 31.4 Å². The summed E-state index contributed by atoms with van der Waals surface area (Å²) in [7, 11) is 0. The molecule has 2 atom stereocenters. The molecule has 3 rings (SSSR count). The van der Waals surface area contributed by atoms with Gasteiger partial charge in [0.1, 0.15) is 5.82 Å². The lowest BCUT2D eigenvalue weighted by Gasteiger charge is -2.28. The fraction of sp³-hybridized carbons (Fsp3) is 0.474. The third-order valence-corrected chi connectivity index (χ3v) is 4.95. The average molecular weight is 419 g/mol. The van der Waals surface area contributed by atoms with Crippen LogP contribution in [-0.2, 0) is 12.4 Å². The number of aliphatic hydroxyl groups excluding tert-OH is 1. The van der Waals surface area contributed by atoms with Gasteiger partial charge in [0.25, 0.3) is 0 Å². The fourth-order valence-electron chi connectivity index (χ4n) is 3.45. The van der Waals surface area contributed by atoms with Crippen LogP contribution in [-0.4, -0.2) is 27.4 Å². The highest BCUT2D eigenvalue weighted by molar-refractivity contribution is 5.69. The van der Waals surface area contributed by atoms with E-state index in [1.165, 1.54) is 13.0 Å². The third kappa shape index (κ3) is 4.80. The summed E-state index contributed by atoms with van der Waals surface area (Å²) in [4.78, 5) is 0. The summed E-state index contributed by atoms with van der Waals surface area (Å²) in [6, 6.07) is 2.68. The third-order valence-electron chi connectivity index (χ3n) is 4.95. The highest BCUT2D eigenvalue weighted by Crippen LogP contribution is 2.41. The van der Waals surface area contributed by atoms with Gasteiger partial charge in [-0.15, -0.1) is 10.2 Å². The molecule has 0 spiro atoms. The Morgan fingerprint density at radius 3 is 2.24 bits per heavy atom. The van der Waals surface area contributed by atoms with Crippen LogP contribution in [0.25, 0.3) is 11.3 Å². The zero-order valence-electron chi connectivity index (χ0n) is 15.4. The zero-order chi connectivity index (χ0) is 21.4. The molecule has 158 valence electrons. The van der Waals surface area contributed by atoms with Gasteiger partial charge in [-0.3, -0.25) is 0 Å². The summed E-state index contributed by atoms with van der Waals surface area (Å²) < 4.78 is 78.8. The van der Waals surface area contributed by atoms with Crippen LogP contribution in [0.15, 0.2) is 24.3 Å². The first-order valence-corrected chi connectivity index (χ1v) is 9.04. The quantitative estimate of drug-likeness (QED) is 0.671. The molecule has 1 aliphatic rings. The molecule has 0 bridgehead atoms. The molecule has 0 saturated heterocycles. The van der Waals surface area contributed by atoms with Crippen LogP contribution >= 0.6 is 0 Å². The molecule has 0 radical (unpaired) electrons. The Balaban J connectivity index is 1.96. The van der Waals surface area contributed by atoms with Gasteiger partial charge in [0.2, 0.25) is 0 Å². The number of nitrogens with one attached hydrogen (secondary N) is 1. The van der Waals surface area contributed by atoms with Crippen molar-refractivity contribution in [1.82, 2.24) is 10.2 Å². The number of aliphatic hydroxyl groups is 1. The van der Waals surface area contributed by atoms with Crippen molar-refractivity contribution >= 4 is 5.82 Å².